The van der Waals surface area contributed by atoms with Crippen molar-refractivity contribution in [2.24, 2.45) is 5.73 Å². The third-order valence-electron chi connectivity index (χ3n) is 2.52. The van der Waals surface area contributed by atoms with E-state index in [2.05, 4.69) is 29.8 Å². The number of rotatable bonds is 4. The molecule has 1 heterocycles. The predicted molar refractivity (Wildman–Crippen MR) is 88.4 cm³/mol. The monoisotopic (exact) mass is 418 g/mol. The molecule has 0 spiro atoms. The van der Waals surface area contributed by atoms with Crippen molar-refractivity contribution in [2.75, 3.05) is 32.7 Å². The second-order valence-electron chi connectivity index (χ2n) is 4.43. The molecule has 7 heteroatoms. The zero-order chi connectivity index (χ0) is 15.1. The van der Waals surface area contributed by atoms with Gasteiger partial charge in [0.15, 0.2) is 0 Å². The summed E-state index contributed by atoms with van der Waals surface area (Å²) in [6.45, 7) is 8.56. The molecule has 1 atom stereocenters. The van der Waals surface area contributed by atoms with E-state index in [9.17, 15) is 4.79 Å². The van der Waals surface area contributed by atoms with Crippen LogP contribution in [0.2, 0.25) is 10.6 Å². The molecule has 0 bridgehead atoms. The third-order valence-corrected chi connectivity index (χ3v) is 9.88. The Balaban J connectivity index is 0.000000796. The molecule has 1 unspecified atom stereocenters. The van der Waals surface area contributed by atoms with Crippen molar-refractivity contribution in [1.29, 1.82) is 0 Å². The SMILES string of the molecule is CCCN.CCCNC(=O)C1CNCC[Se][Se]CCN1. The van der Waals surface area contributed by atoms with Crippen LogP contribution in [-0.2, 0) is 4.79 Å². The van der Waals surface area contributed by atoms with E-state index in [4.69, 9.17) is 5.73 Å². The Morgan fingerprint density at radius 3 is 2.50 bits per heavy atom. The molecule has 5 nitrogen and oxygen atoms in total. The first-order valence-electron chi connectivity index (χ1n) is 7.42. The second-order valence-corrected chi connectivity index (χ2v) is 12.3. The molecular weight excluding hydrogens is 386 g/mol. The van der Waals surface area contributed by atoms with Crippen molar-refractivity contribution < 1.29 is 4.79 Å². The first-order chi connectivity index (χ1) is 9.76. The van der Waals surface area contributed by atoms with Crippen molar-refractivity contribution in [3.63, 3.8) is 0 Å². The molecule has 120 valence electrons. The summed E-state index contributed by atoms with van der Waals surface area (Å²) >= 11 is 1.66. The number of nitrogens with one attached hydrogen (secondary N) is 3. The zero-order valence-corrected chi connectivity index (χ0v) is 16.2. The van der Waals surface area contributed by atoms with Crippen molar-refractivity contribution in [2.45, 2.75) is 43.4 Å². The normalized spacial score (nSPS) is 20.4. The van der Waals surface area contributed by atoms with E-state index in [1.54, 1.807) is 0 Å². The second kappa shape index (κ2) is 15.8. The summed E-state index contributed by atoms with van der Waals surface area (Å²) in [4.78, 5) is 11.8. The molecule has 1 amide bonds. The van der Waals surface area contributed by atoms with Crippen molar-refractivity contribution >= 4 is 32.2 Å². The summed E-state index contributed by atoms with van der Waals surface area (Å²) in [7, 11) is 0. The molecule has 0 aliphatic carbocycles. The fraction of sp³-hybridized carbons (Fsp3) is 0.923. The number of hydrogen-bond donors (Lipinski definition) is 4. The Morgan fingerprint density at radius 2 is 1.90 bits per heavy atom. The predicted octanol–water partition coefficient (Wildman–Crippen LogP) is -0.411. The van der Waals surface area contributed by atoms with E-state index >= 15 is 0 Å². The quantitative estimate of drug-likeness (QED) is 0.470. The Kier molecular flexibility index (Phi) is 16.1. The van der Waals surface area contributed by atoms with Crippen LogP contribution < -0.4 is 21.7 Å². The molecule has 5 N–H and O–H groups in total. The van der Waals surface area contributed by atoms with E-state index in [1.807, 2.05) is 0 Å². The molecule has 20 heavy (non-hydrogen) atoms. The third kappa shape index (κ3) is 12.2. The van der Waals surface area contributed by atoms with Gasteiger partial charge in [-0.05, 0) is 13.0 Å². The fourth-order valence-electron chi connectivity index (χ4n) is 1.38. The summed E-state index contributed by atoms with van der Waals surface area (Å²) in [5.41, 5.74) is 5.03. The Bertz CT molecular complexity index is 220. The van der Waals surface area contributed by atoms with E-state index in [-0.39, 0.29) is 11.9 Å². The van der Waals surface area contributed by atoms with Crippen LogP contribution in [0.25, 0.3) is 0 Å². The van der Waals surface area contributed by atoms with Crippen molar-refractivity contribution in [1.82, 2.24) is 16.0 Å². The molecule has 1 aliphatic heterocycles. The fourth-order valence-corrected chi connectivity index (χ4v) is 7.16. The van der Waals surface area contributed by atoms with Crippen LogP contribution in [-0.4, -0.2) is 70.9 Å². The molecular formula is C13H30N4OSe2. The molecule has 0 saturated carbocycles. The summed E-state index contributed by atoms with van der Waals surface area (Å²) in [5, 5.41) is 12.3. The molecule has 0 radical (unpaired) electrons. The van der Waals surface area contributed by atoms with Crippen molar-refractivity contribution in [3.05, 3.63) is 0 Å². The van der Waals surface area contributed by atoms with Gasteiger partial charge < -0.3 is 5.73 Å². The van der Waals surface area contributed by atoms with Gasteiger partial charge >= 0.3 is 109 Å². The number of amides is 1. The number of carbonyl (C=O) groups is 1. The molecule has 1 saturated heterocycles. The molecule has 1 fully saturated rings. The van der Waals surface area contributed by atoms with Crippen LogP contribution >= 0.6 is 0 Å². The first-order valence-corrected chi connectivity index (χ1v) is 14.2. The van der Waals surface area contributed by atoms with Gasteiger partial charge in [-0.1, -0.05) is 6.92 Å². The van der Waals surface area contributed by atoms with Crippen LogP contribution in [0.1, 0.15) is 26.7 Å². The van der Waals surface area contributed by atoms with Gasteiger partial charge in [-0.2, -0.15) is 0 Å². The summed E-state index contributed by atoms with van der Waals surface area (Å²) in [6, 6.07) is -0.0482. The Morgan fingerprint density at radius 1 is 1.25 bits per heavy atom. The summed E-state index contributed by atoms with van der Waals surface area (Å²) in [5.74, 6) is 0.146. The van der Waals surface area contributed by atoms with Crippen molar-refractivity contribution in [3.8, 4) is 0 Å². The molecule has 0 aromatic rings. The van der Waals surface area contributed by atoms with Gasteiger partial charge in [0.1, 0.15) is 0 Å². The Labute approximate surface area is 134 Å². The Hall–Kier alpha value is 0.389. The van der Waals surface area contributed by atoms with Gasteiger partial charge in [-0.3, -0.25) is 0 Å². The maximum atomic E-state index is 11.8. The standard InChI is InChI=1S/C10H21N3OSe2.C3H9N/c1-2-3-13-10(14)9-8-11-4-6-15-16-7-5-12-9;1-2-3-4/h9,11-12H,2-8H2,1H3,(H,13,14);2-4H2,1H3. The molecule has 1 aliphatic rings. The van der Waals surface area contributed by atoms with E-state index in [0.29, 0.717) is 0 Å². The maximum absolute atomic E-state index is 11.8. The van der Waals surface area contributed by atoms with Crippen LogP contribution in [0, 0.1) is 0 Å². The van der Waals surface area contributed by atoms with E-state index < -0.39 is 0 Å². The van der Waals surface area contributed by atoms with Gasteiger partial charge in [-0.25, -0.2) is 0 Å². The molecule has 0 aromatic heterocycles. The van der Waals surface area contributed by atoms with Crippen LogP contribution in [0.3, 0.4) is 0 Å². The van der Waals surface area contributed by atoms with Gasteiger partial charge in [0.25, 0.3) is 0 Å². The number of carbonyl (C=O) groups excluding carboxylic acids is 1. The minimum absolute atomic E-state index is 0.0482. The van der Waals surface area contributed by atoms with Gasteiger partial charge in [-0.15, -0.1) is 0 Å². The number of nitrogens with two attached hydrogens (primary N) is 1. The topological polar surface area (TPSA) is 79.2 Å². The van der Waals surface area contributed by atoms with Gasteiger partial charge in [0, 0.05) is 0 Å². The van der Waals surface area contributed by atoms with E-state index in [1.165, 1.54) is 10.6 Å². The summed E-state index contributed by atoms with van der Waals surface area (Å²) < 4.78 is 0. The summed E-state index contributed by atoms with van der Waals surface area (Å²) in [6.07, 6.45) is 2.09. The van der Waals surface area contributed by atoms with Gasteiger partial charge in [0.2, 0.25) is 0 Å². The molecule has 0 aromatic carbocycles. The zero-order valence-electron chi connectivity index (χ0n) is 12.7. The van der Waals surface area contributed by atoms with Gasteiger partial charge in [0.05, 0.1) is 0 Å². The minimum atomic E-state index is -0.0482. The van der Waals surface area contributed by atoms with Crippen LogP contribution in [0.4, 0.5) is 0 Å². The van der Waals surface area contributed by atoms with Crippen LogP contribution in [0.5, 0.6) is 0 Å². The first kappa shape index (κ1) is 20.4. The number of hydrogen-bond acceptors (Lipinski definition) is 4. The average molecular weight is 416 g/mol. The van der Waals surface area contributed by atoms with E-state index in [0.717, 1.165) is 71.8 Å². The average Bonchev–Trinajstić information content (AvgIpc) is 2.50. The van der Waals surface area contributed by atoms with Crippen LogP contribution in [0.15, 0.2) is 0 Å². The molecule has 1 rings (SSSR count).